The normalized spacial score (nSPS) is 21.8. The summed E-state index contributed by atoms with van der Waals surface area (Å²) in [6, 6.07) is 5.76. The zero-order valence-corrected chi connectivity index (χ0v) is 21.6. The van der Waals surface area contributed by atoms with Gasteiger partial charge in [-0.05, 0) is 32.9 Å². The monoisotopic (exact) mass is 519 g/mol. The smallest absolute Gasteiger partial charge is 0.317 e. The number of nitrogens with zero attached hydrogens (tertiary/aromatic N) is 5. The number of piperazine rings is 1. The van der Waals surface area contributed by atoms with Crippen molar-refractivity contribution in [3.63, 3.8) is 0 Å². The van der Waals surface area contributed by atoms with E-state index in [0.717, 1.165) is 30.6 Å². The summed E-state index contributed by atoms with van der Waals surface area (Å²) in [7, 11) is 0. The number of benzene rings is 1. The number of carbonyl (C=O) groups excluding carboxylic acids is 1. The lowest BCUT2D eigenvalue weighted by Gasteiger charge is -2.38. The van der Waals surface area contributed by atoms with Crippen LogP contribution in [0.25, 0.3) is 16.6 Å². The van der Waals surface area contributed by atoms with E-state index in [9.17, 15) is 9.18 Å². The van der Waals surface area contributed by atoms with Gasteiger partial charge in [0.15, 0.2) is 11.5 Å². The molecule has 0 saturated carbocycles. The van der Waals surface area contributed by atoms with Crippen LogP contribution in [0.2, 0.25) is 0 Å². The molecule has 2 fully saturated rings. The predicted octanol–water partition coefficient (Wildman–Crippen LogP) is 3.33. The molecule has 3 atom stereocenters. The number of aromatic nitrogens is 4. The van der Waals surface area contributed by atoms with Crippen molar-refractivity contribution in [2.24, 2.45) is 0 Å². The van der Waals surface area contributed by atoms with Crippen molar-refractivity contribution in [3.05, 3.63) is 53.9 Å². The molecule has 3 unspecified atom stereocenters. The molecule has 0 radical (unpaired) electrons. The van der Waals surface area contributed by atoms with Crippen LogP contribution in [0, 0.1) is 12.7 Å². The Kier molecular flexibility index (Phi) is 6.32. The number of nitrogens with one attached hydrogen (secondary N) is 2. The van der Waals surface area contributed by atoms with Gasteiger partial charge in [0.25, 0.3) is 5.91 Å². The molecule has 11 heteroatoms. The highest BCUT2D eigenvalue weighted by Gasteiger charge is 2.26. The maximum Gasteiger partial charge on any atom is 0.317 e. The van der Waals surface area contributed by atoms with E-state index >= 15 is 0 Å². The van der Waals surface area contributed by atoms with Crippen LogP contribution in [0.5, 0.6) is 6.01 Å². The highest BCUT2D eigenvalue weighted by atomic mass is 19.1. The van der Waals surface area contributed by atoms with E-state index in [0.29, 0.717) is 47.8 Å². The number of aryl methyl sites for hydroxylation is 1. The van der Waals surface area contributed by atoms with Crippen molar-refractivity contribution in [3.8, 4) is 6.01 Å². The van der Waals surface area contributed by atoms with E-state index in [1.807, 2.05) is 6.07 Å². The molecule has 2 saturated heterocycles. The van der Waals surface area contributed by atoms with Gasteiger partial charge in [0.05, 0.1) is 35.7 Å². The SMILES string of the molecule is Cc1cn2cc(NC(=O)c3ccc(N4CC(C)NC(C)C4)c4cnc(OC5CCOC5)nc34)cc(F)c2n1. The zero-order chi connectivity index (χ0) is 26.4. The Hall–Kier alpha value is -3.83. The second-order valence-electron chi connectivity index (χ2n) is 10.2. The number of amides is 1. The van der Waals surface area contributed by atoms with Crippen LogP contribution in [0.15, 0.2) is 36.8 Å². The summed E-state index contributed by atoms with van der Waals surface area (Å²) in [5.41, 5.74) is 2.98. The predicted molar refractivity (Wildman–Crippen MR) is 142 cm³/mol. The van der Waals surface area contributed by atoms with Crippen molar-refractivity contribution < 1.29 is 18.7 Å². The lowest BCUT2D eigenvalue weighted by Crippen LogP contribution is -2.54. The van der Waals surface area contributed by atoms with Gasteiger partial charge in [0.2, 0.25) is 0 Å². The number of rotatable bonds is 5. The highest BCUT2D eigenvalue weighted by Crippen LogP contribution is 2.31. The number of fused-ring (bicyclic) bond motifs is 2. The first kappa shape index (κ1) is 24.5. The third-order valence-electron chi connectivity index (χ3n) is 6.89. The molecule has 0 spiro atoms. The second kappa shape index (κ2) is 9.80. The first-order valence-electron chi connectivity index (χ1n) is 12.9. The van der Waals surface area contributed by atoms with Gasteiger partial charge in [-0.15, -0.1) is 0 Å². The Labute approximate surface area is 219 Å². The van der Waals surface area contributed by atoms with Crippen molar-refractivity contribution in [1.29, 1.82) is 0 Å². The lowest BCUT2D eigenvalue weighted by atomic mass is 10.0. The summed E-state index contributed by atoms with van der Waals surface area (Å²) in [4.78, 5) is 29.1. The number of anilines is 2. The molecular formula is C27H30FN7O3. The largest absolute Gasteiger partial charge is 0.458 e. The molecule has 198 valence electrons. The summed E-state index contributed by atoms with van der Waals surface area (Å²) in [5.74, 6) is -0.928. The third-order valence-corrected chi connectivity index (χ3v) is 6.89. The van der Waals surface area contributed by atoms with Crippen LogP contribution in [-0.4, -0.2) is 69.8 Å². The summed E-state index contributed by atoms with van der Waals surface area (Å²) < 4.78 is 27.6. The summed E-state index contributed by atoms with van der Waals surface area (Å²) >= 11 is 0. The Balaban J connectivity index is 1.38. The summed E-state index contributed by atoms with van der Waals surface area (Å²) in [6.07, 6.45) is 5.69. The van der Waals surface area contributed by atoms with Gasteiger partial charge in [0.1, 0.15) is 6.10 Å². The maximum absolute atomic E-state index is 14.6. The number of hydrogen-bond donors (Lipinski definition) is 2. The lowest BCUT2D eigenvalue weighted by molar-refractivity contribution is 0.102. The second-order valence-corrected chi connectivity index (χ2v) is 10.2. The van der Waals surface area contributed by atoms with Crippen molar-refractivity contribution in [2.75, 3.05) is 36.5 Å². The number of ether oxygens (including phenoxy) is 2. The number of hydrogen-bond acceptors (Lipinski definition) is 8. The maximum atomic E-state index is 14.6. The van der Waals surface area contributed by atoms with E-state index < -0.39 is 11.7 Å². The molecule has 2 aliphatic rings. The third kappa shape index (κ3) is 4.74. The van der Waals surface area contributed by atoms with E-state index in [4.69, 9.17) is 9.47 Å². The molecule has 1 amide bonds. The fraction of sp³-hybridized carbons (Fsp3) is 0.407. The standard InChI is InChI=1S/C27H30FN7O3/c1-15-10-34(11-16(2)30-15)23-5-4-20(24-21(23)9-29-27(33-24)38-19-6-7-37-14-19)26(36)32-18-8-22(28)25-31-17(3)12-35(25)13-18/h4-5,8-9,12-13,15-16,19,30H,6-7,10-11,14H2,1-3H3,(H,32,36). The van der Waals surface area contributed by atoms with E-state index in [2.05, 4.69) is 44.3 Å². The topological polar surface area (TPSA) is 106 Å². The van der Waals surface area contributed by atoms with E-state index in [1.54, 1.807) is 36.0 Å². The molecule has 2 N–H and O–H groups in total. The quantitative estimate of drug-likeness (QED) is 0.414. The fourth-order valence-electron chi connectivity index (χ4n) is 5.33. The minimum absolute atomic E-state index is 0.129. The van der Waals surface area contributed by atoms with Gasteiger partial charge in [-0.3, -0.25) is 4.79 Å². The summed E-state index contributed by atoms with van der Waals surface area (Å²) in [5, 5.41) is 7.12. The average molecular weight is 520 g/mol. The minimum Gasteiger partial charge on any atom is -0.458 e. The van der Waals surface area contributed by atoms with E-state index in [-0.39, 0.29) is 17.8 Å². The van der Waals surface area contributed by atoms with Crippen LogP contribution in [0.3, 0.4) is 0 Å². The Morgan fingerprint density at radius 3 is 2.79 bits per heavy atom. The van der Waals surface area contributed by atoms with Gasteiger partial charge in [-0.2, -0.15) is 4.98 Å². The number of halogens is 1. The first-order valence-corrected chi connectivity index (χ1v) is 12.9. The fourth-order valence-corrected chi connectivity index (χ4v) is 5.33. The zero-order valence-electron chi connectivity index (χ0n) is 21.6. The van der Waals surface area contributed by atoms with Gasteiger partial charge >= 0.3 is 6.01 Å². The minimum atomic E-state index is -0.519. The van der Waals surface area contributed by atoms with Gasteiger partial charge in [-0.1, -0.05) is 0 Å². The van der Waals surface area contributed by atoms with Crippen LogP contribution in [0.4, 0.5) is 15.8 Å². The first-order chi connectivity index (χ1) is 18.3. The Bertz CT molecular complexity index is 1510. The van der Waals surface area contributed by atoms with Crippen LogP contribution >= 0.6 is 0 Å². The molecule has 3 aromatic heterocycles. The van der Waals surface area contributed by atoms with Gasteiger partial charge in [0, 0.05) is 67.3 Å². The molecule has 10 nitrogen and oxygen atoms in total. The Morgan fingerprint density at radius 1 is 1.21 bits per heavy atom. The molecule has 0 aliphatic carbocycles. The molecule has 0 bridgehead atoms. The van der Waals surface area contributed by atoms with E-state index in [1.165, 1.54) is 6.07 Å². The summed E-state index contributed by atoms with van der Waals surface area (Å²) in [6.45, 7) is 8.82. The molecule has 2 aliphatic heterocycles. The highest BCUT2D eigenvalue weighted by molar-refractivity contribution is 6.13. The molecule has 5 heterocycles. The molecule has 4 aromatic rings. The van der Waals surface area contributed by atoms with Gasteiger partial charge in [-0.25, -0.2) is 14.4 Å². The average Bonchev–Trinajstić information content (AvgIpc) is 3.51. The number of imidazole rings is 1. The van der Waals surface area contributed by atoms with Gasteiger partial charge < -0.3 is 29.4 Å². The number of pyridine rings is 1. The van der Waals surface area contributed by atoms with Crippen LogP contribution in [0.1, 0.15) is 36.3 Å². The van der Waals surface area contributed by atoms with Crippen molar-refractivity contribution in [2.45, 2.75) is 45.4 Å². The van der Waals surface area contributed by atoms with Crippen molar-refractivity contribution >= 4 is 33.8 Å². The Morgan fingerprint density at radius 2 is 2.03 bits per heavy atom. The molecule has 6 rings (SSSR count). The van der Waals surface area contributed by atoms with Crippen molar-refractivity contribution in [1.82, 2.24) is 24.7 Å². The molecule has 1 aromatic carbocycles. The van der Waals surface area contributed by atoms with Crippen LogP contribution < -0.4 is 20.3 Å². The van der Waals surface area contributed by atoms with Crippen LogP contribution in [-0.2, 0) is 4.74 Å². The molecule has 38 heavy (non-hydrogen) atoms. The molecular weight excluding hydrogens is 489 g/mol. The number of carbonyl (C=O) groups is 1.